The maximum atomic E-state index is 12.1. The minimum absolute atomic E-state index is 0.0691. The molecule has 0 aliphatic rings. The number of rotatable bonds is 3. The van der Waals surface area contributed by atoms with Crippen LogP contribution in [0.25, 0.3) is 5.65 Å². The lowest BCUT2D eigenvalue weighted by molar-refractivity contribution is 0.0467. The molecule has 0 saturated carbocycles. The topological polar surface area (TPSA) is 73.6 Å². The van der Waals surface area contributed by atoms with Gasteiger partial charge < -0.3 is 4.74 Å². The van der Waals surface area contributed by atoms with Crippen molar-refractivity contribution in [3.8, 4) is 0 Å². The van der Waals surface area contributed by atoms with Crippen molar-refractivity contribution < 1.29 is 9.53 Å². The third-order valence-corrected chi connectivity index (χ3v) is 3.56. The first kappa shape index (κ1) is 15.2. The Morgan fingerprint density at radius 2 is 2.13 bits per heavy atom. The Balaban J connectivity index is 1.84. The van der Waals surface area contributed by atoms with E-state index in [1.54, 1.807) is 12.1 Å². The molecular weight excluding hydrogens is 318 g/mol. The SMILES string of the molecule is Cc1cccc2nc(COC(=O)c3cccnc3Cl)cc(=O)n12. The van der Waals surface area contributed by atoms with Crippen molar-refractivity contribution in [2.45, 2.75) is 13.5 Å². The summed E-state index contributed by atoms with van der Waals surface area (Å²) in [7, 11) is 0. The Morgan fingerprint density at radius 3 is 2.91 bits per heavy atom. The highest BCUT2D eigenvalue weighted by Gasteiger charge is 2.13. The average Bonchev–Trinajstić information content (AvgIpc) is 2.53. The number of carbonyl (C=O) groups is 1. The Kier molecular flexibility index (Phi) is 4.08. The van der Waals surface area contributed by atoms with E-state index in [-0.39, 0.29) is 22.9 Å². The van der Waals surface area contributed by atoms with Crippen molar-refractivity contribution in [2.24, 2.45) is 0 Å². The number of fused-ring (bicyclic) bond motifs is 1. The Bertz CT molecular complexity index is 953. The van der Waals surface area contributed by atoms with E-state index >= 15 is 0 Å². The van der Waals surface area contributed by atoms with Crippen LogP contribution in [0.5, 0.6) is 0 Å². The molecule has 3 rings (SSSR count). The van der Waals surface area contributed by atoms with E-state index < -0.39 is 5.97 Å². The zero-order valence-electron chi connectivity index (χ0n) is 12.2. The third-order valence-electron chi connectivity index (χ3n) is 3.26. The number of aromatic nitrogens is 3. The zero-order valence-corrected chi connectivity index (χ0v) is 12.9. The van der Waals surface area contributed by atoms with Crippen LogP contribution < -0.4 is 5.56 Å². The molecule has 0 spiro atoms. The van der Waals surface area contributed by atoms with Gasteiger partial charge in [-0.3, -0.25) is 9.20 Å². The summed E-state index contributed by atoms with van der Waals surface area (Å²) < 4.78 is 6.64. The van der Waals surface area contributed by atoms with Gasteiger partial charge in [0.1, 0.15) is 17.4 Å². The molecule has 7 heteroatoms. The molecule has 0 aliphatic heterocycles. The van der Waals surface area contributed by atoms with Gasteiger partial charge in [0.05, 0.1) is 11.3 Å². The molecule has 3 aromatic heterocycles. The number of pyridine rings is 2. The van der Waals surface area contributed by atoms with Gasteiger partial charge in [-0.15, -0.1) is 0 Å². The van der Waals surface area contributed by atoms with Gasteiger partial charge in [0.2, 0.25) is 0 Å². The number of aryl methyl sites for hydroxylation is 1. The number of hydrogen-bond donors (Lipinski definition) is 0. The van der Waals surface area contributed by atoms with Gasteiger partial charge in [0, 0.05) is 18.0 Å². The fraction of sp³-hybridized carbons (Fsp3) is 0.125. The van der Waals surface area contributed by atoms with E-state index in [4.69, 9.17) is 16.3 Å². The first-order valence-electron chi connectivity index (χ1n) is 6.82. The minimum Gasteiger partial charge on any atom is -0.455 e. The summed E-state index contributed by atoms with van der Waals surface area (Å²) in [5.74, 6) is -0.616. The number of halogens is 1. The molecule has 3 aromatic rings. The van der Waals surface area contributed by atoms with Crippen molar-refractivity contribution >= 4 is 23.2 Å². The average molecular weight is 330 g/mol. The first-order valence-corrected chi connectivity index (χ1v) is 7.20. The second kappa shape index (κ2) is 6.18. The van der Waals surface area contributed by atoms with Crippen LogP contribution in [0.4, 0.5) is 0 Å². The minimum atomic E-state index is -0.616. The van der Waals surface area contributed by atoms with E-state index in [2.05, 4.69) is 9.97 Å². The molecule has 0 radical (unpaired) electrons. The third kappa shape index (κ3) is 3.07. The van der Waals surface area contributed by atoms with Crippen LogP contribution in [-0.2, 0) is 11.3 Å². The molecular formula is C16H12ClN3O3. The van der Waals surface area contributed by atoms with Gasteiger partial charge in [-0.05, 0) is 31.2 Å². The monoisotopic (exact) mass is 329 g/mol. The summed E-state index contributed by atoms with van der Waals surface area (Å²) in [6.07, 6.45) is 1.48. The molecule has 0 fully saturated rings. The molecule has 23 heavy (non-hydrogen) atoms. The van der Waals surface area contributed by atoms with E-state index in [0.29, 0.717) is 11.3 Å². The maximum Gasteiger partial charge on any atom is 0.341 e. The Labute approximate surface area is 136 Å². The van der Waals surface area contributed by atoms with Gasteiger partial charge in [-0.25, -0.2) is 14.8 Å². The summed E-state index contributed by atoms with van der Waals surface area (Å²) in [5, 5.41) is 0.0691. The number of nitrogens with zero attached hydrogens (tertiary/aromatic N) is 3. The van der Waals surface area contributed by atoms with Crippen LogP contribution >= 0.6 is 11.6 Å². The molecule has 0 unspecified atom stereocenters. The first-order chi connectivity index (χ1) is 11.1. The highest BCUT2D eigenvalue weighted by atomic mass is 35.5. The normalized spacial score (nSPS) is 10.7. The van der Waals surface area contributed by atoms with Crippen molar-refractivity contribution in [1.29, 1.82) is 0 Å². The van der Waals surface area contributed by atoms with Crippen LogP contribution in [0.3, 0.4) is 0 Å². The molecule has 3 heterocycles. The summed E-state index contributed by atoms with van der Waals surface area (Å²) in [5.41, 5.74) is 1.60. The van der Waals surface area contributed by atoms with Crippen molar-refractivity contribution in [3.63, 3.8) is 0 Å². The fourth-order valence-electron chi connectivity index (χ4n) is 2.19. The number of ether oxygens (including phenoxy) is 1. The van der Waals surface area contributed by atoms with Gasteiger partial charge in [-0.1, -0.05) is 17.7 Å². The molecule has 116 valence electrons. The Hall–Kier alpha value is -2.73. The van der Waals surface area contributed by atoms with Gasteiger partial charge in [-0.2, -0.15) is 0 Å². The summed E-state index contributed by atoms with van der Waals surface area (Å²) in [6, 6.07) is 9.80. The molecule has 0 atom stereocenters. The van der Waals surface area contributed by atoms with Gasteiger partial charge in [0.25, 0.3) is 5.56 Å². The predicted octanol–water partition coefficient (Wildman–Crippen LogP) is 2.41. The molecule has 0 aliphatic carbocycles. The molecule has 6 nitrogen and oxygen atoms in total. The van der Waals surface area contributed by atoms with E-state index in [1.807, 2.05) is 19.1 Å². The molecule has 0 amide bonds. The van der Waals surface area contributed by atoms with Gasteiger partial charge in [0.15, 0.2) is 0 Å². The lowest BCUT2D eigenvalue weighted by Crippen LogP contribution is -2.18. The quantitative estimate of drug-likeness (QED) is 0.545. The summed E-state index contributed by atoms with van der Waals surface area (Å²) in [6.45, 7) is 1.70. The smallest absolute Gasteiger partial charge is 0.341 e. The van der Waals surface area contributed by atoms with Crippen LogP contribution in [0, 0.1) is 6.92 Å². The lowest BCUT2D eigenvalue weighted by atomic mass is 10.3. The fourth-order valence-corrected chi connectivity index (χ4v) is 2.39. The lowest BCUT2D eigenvalue weighted by Gasteiger charge is -2.08. The van der Waals surface area contributed by atoms with Crippen molar-refractivity contribution in [3.05, 3.63) is 75.1 Å². The van der Waals surface area contributed by atoms with Crippen molar-refractivity contribution in [1.82, 2.24) is 14.4 Å². The highest BCUT2D eigenvalue weighted by Crippen LogP contribution is 2.13. The molecule has 0 N–H and O–H groups in total. The summed E-state index contributed by atoms with van der Waals surface area (Å²) >= 11 is 5.84. The largest absolute Gasteiger partial charge is 0.455 e. The Morgan fingerprint density at radius 1 is 1.30 bits per heavy atom. The molecule has 0 aromatic carbocycles. The van der Waals surface area contributed by atoms with Crippen LogP contribution in [0.15, 0.2) is 47.4 Å². The number of esters is 1. The van der Waals surface area contributed by atoms with E-state index in [1.165, 1.54) is 22.7 Å². The van der Waals surface area contributed by atoms with Gasteiger partial charge >= 0.3 is 5.97 Å². The van der Waals surface area contributed by atoms with E-state index in [9.17, 15) is 9.59 Å². The van der Waals surface area contributed by atoms with E-state index in [0.717, 1.165) is 5.69 Å². The molecule has 0 saturated heterocycles. The molecule has 0 bridgehead atoms. The standard InChI is InChI=1S/C16H12ClN3O3/c1-10-4-2-6-13-19-11(8-14(21)20(10)13)9-23-16(22)12-5-3-7-18-15(12)17/h2-8H,9H2,1H3. The van der Waals surface area contributed by atoms with Crippen LogP contribution in [0.1, 0.15) is 21.7 Å². The van der Waals surface area contributed by atoms with Crippen LogP contribution in [0.2, 0.25) is 5.15 Å². The van der Waals surface area contributed by atoms with Crippen molar-refractivity contribution in [2.75, 3.05) is 0 Å². The zero-order chi connectivity index (χ0) is 16.4. The summed E-state index contributed by atoms with van der Waals surface area (Å²) in [4.78, 5) is 32.3. The predicted molar refractivity (Wildman–Crippen MR) is 84.6 cm³/mol. The number of carbonyl (C=O) groups excluding carboxylic acids is 1. The second-order valence-electron chi connectivity index (χ2n) is 4.86. The number of hydrogen-bond acceptors (Lipinski definition) is 5. The van der Waals surface area contributed by atoms with Crippen LogP contribution in [-0.4, -0.2) is 20.3 Å². The highest BCUT2D eigenvalue weighted by molar-refractivity contribution is 6.32. The second-order valence-corrected chi connectivity index (χ2v) is 5.22. The maximum absolute atomic E-state index is 12.1.